The third-order valence-electron chi connectivity index (χ3n) is 5.59. The number of allylic oxidation sites excluding steroid dienone is 2. The van der Waals surface area contributed by atoms with Gasteiger partial charge in [0.1, 0.15) is 0 Å². The van der Waals surface area contributed by atoms with Crippen LogP contribution in [0.1, 0.15) is 57.3 Å². The third kappa shape index (κ3) is 5.78. The van der Waals surface area contributed by atoms with Crippen molar-refractivity contribution in [2.45, 2.75) is 35.0 Å². The molecule has 0 bridgehead atoms. The van der Waals surface area contributed by atoms with E-state index in [2.05, 4.69) is 94.5 Å². The van der Waals surface area contributed by atoms with Crippen LogP contribution < -0.4 is 24.8 Å². The fourth-order valence-corrected chi connectivity index (χ4v) is 16.4. The molecular weight excluding hydrogens is 593 g/mol. The van der Waals surface area contributed by atoms with Gasteiger partial charge in [0.05, 0.1) is 0 Å². The number of hydrogen-bond acceptors (Lipinski definition) is 0. The Morgan fingerprint density at radius 2 is 1.37 bits per heavy atom. The zero-order valence-electron chi connectivity index (χ0n) is 18.3. The number of rotatable bonds is 7. The number of benzene rings is 2. The van der Waals surface area contributed by atoms with Crippen LogP contribution in [0.15, 0.2) is 59.9 Å². The first-order valence-corrected chi connectivity index (χ1v) is 16.5. The van der Waals surface area contributed by atoms with Gasteiger partial charge in [-0.25, -0.2) is 0 Å². The van der Waals surface area contributed by atoms with E-state index >= 15 is 0 Å². The van der Waals surface area contributed by atoms with E-state index in [9.17, 15) is 0 Å². The molecule has 2 atom stereocenters. The summed E-state index contributed by atoms with van der Waals surface area (Å²) in [5.74, 6) is 1.58. The molecular formula is C26H31Cl2HfP. The summed E-state index contributed by atoms with van der Waals surface area (Å²) in [5.41, 5.74) is 6.24. The van der Waals surface area contributed by atoms with Crippen LogP contribution in [0.2, 0.25) is 0 Å². The third-order valence-corrected chi connectivity index (χ3v) is 16.5. The van der Waals surface area contributed by atoms with Gasteiger partial charge < -0.3 is 24.8 Å². The average Bonchev–Trinajstić information content (AvgIpc) is 3.23. The molecule has 0 fully saturated rings. The van der Waals surface area contributed by atoms with Crippen LogP contribution in [-0.2, 0) is 22.9 Å². The largest absolute Gasteiger partial charge is 1.00 e. The van der Waals surface area contributed by atoms with Gasteiger partial charge in [-0.05, 0) is 0 Å². The van der Waals surface area contributed by atoms with Crippen LogP contribution in [0.3, 0.4) is 0 Å². The Morgan fingerprint density at radius 3 is 2.00 bits per heavy atom. The van der Waals surface area contributed by atoms with Gasteiger partial charge in [0.15, 0.2) is 0 Å². The molecule has 30 heavy (non-hydrogen) atoms. The van der Waals surface area contributed by atoms with Crippen LogP contribution in [0.25, 0.3) is 12.2 Å². The molecule has 0 N–H and O–H groups in total. The Kier molecular flexibility index (Phi) is 10.1. The molecule has 0 amide bonds. The van der Waals surface area contributed by atoms with Crippen molar-refractivity contribution < 1.29 is 47.7 Å². The van der Waals surface area contributed by atoms with Gasteiger partial charge in [0.2, 0.25) is 0 Å². The molecule has 2 aromatic rings. The molecule has 0 heterocycles. The summed E-state index contributed by atoms with van der Waals surface area (Å²) >= 11 is -0.976. The molecule has 0 aromatic heterocycles. The van der Waals surface area contributed by atoms with Crippen LogP contribution in [0.5, 0.6) is 0 Å². The molecule has 2 aliphatic carbocycles. The normalized spacial score (nSPS) is 18.6. The molecule has 0 nitrogen and oxygen atoms in total. The van der Waals surface area contributed by atoms with Crippen molar-refractivity contribution in [3.63, 3.8) is 0 Å². The van der Waals surface area contributed by atoms with Gasteiger partial charge in [-0.1, -0.05) is 0 Å². The quantitative estimate of drug-likeness (QED) is 0.326. The van der Waals surface area contributed by atoms with Gasteiger partial charge in [0, 0.05) is 0 Å². The summed E-state index contributed by atoms with van der Waals surface area (Å²) in [6.07, 6.45) is 10.3. The van der Waals surface area contributed by atoms with Crippen LogP contribution >= 0.6 is 7.92 Å². The summed E-state index contributed by atoms with van der Waals surface area (Å²) in [4.78, 5) is 0. The molecule has 0 spiro atoms. The predicted molar refractivity (Wildman–Crippen MR) is 122 cm³/mol. The van der Waals surface area contributed by atoms with Crippen molar-refractivity contribution in [3.05, 3.63) is 82.2 Å². The van der Waals surface area contributed by atoms with Crippen LogP contribution in [0.4, 0.5) is 0 Å². The van der Waals surface area contributed by atoms with Gasteiger partial charge in [-0.2, -0.15) is 0 Å². The maximum atomic E-state index is 2.62. The summed E-state index contributed by atoms with van der Waals surface area (Å²) in [6, 6.07) is 18.3. The maximum absolute atomic E-state index is 2.62. The fourth-order valence-electron chi connectivity index (χ4n) is 4.50. The molecule has 4 heteroatoms. The average molecular weight is 624 g/mol. The van der Waals surface area contributed by atoms with Gasteiger partial charge in [-0.3, -0.25) is 0 Å². The van der Waals surface area contributed by atoms with E-state index in [1.807, 2.05) is 5.31 Å². The fraction of sp³-hybridized carbons (Fsp3) is 0.385. The molecule has 2 aromatic carbocycles. The molecule has 0 saturated heterocycles. The number of hydrogen-bond donors (Lipinski definition) is 0. The Labute approximate surface area is 207 Å². The monoisotopic (exact) mass is 624 g/mol. The van der Waals surface area contributed by atoms with Crippen molar-refractivity contribution in [1.29, 1.82) is 0 Å². The van der Waals surface area contributed by atoms with Crippen LogP contribution in [-0.4, -0.2) is 12.3 Å². The molecule has 158 valence electrons. The van der Waals surface area contributed by atoms with Crippen molar-refractivity contribution in [3.8, 4) is 0 Å². The molecule has 2 aliphatic rings. The summed E-state index contributed by atoms with van der Waals surface area (Å²) in [5, 5.41) is 1.85. The zero-order chi connectivity index (χ0) is 19.7. The van der Waals surface area contributed by atoms with Gasteiger partial charge >= 0.3 is 184 Å². The van der Waals surface area contributed by atoms with E-state index in [0.29, 0.717) is 0 Å². The summed E-state index contributed by atoms with van der Waals surface area (Å²) in [7, 11) is -0.0282. The Bertz CT molecular complexity index is 893. The first-order valence-electron chi connectivity index (χ1n) is 10.6. The summed E-state index contributed by atoms with van der Waals surface area (Å²) < 4.78 is 1.52. The van der Waals surface area contributed by atoms with E-state index in [-0.39, 0.29) is 32.7 Å². The van der Waals surface area contributed by atoms with Gasteiger partial charge in [0.25, 0.3) is 0 Å². The molecule has 0 aliphatic heterocycles. The molecule has 4 rings (SSSR count). The SMILES string of the molecule is CC(C)CP(CC(C)C)C1=Cc2ccccc2[CH]1[Hf+2][CH]1C=Cc2ccccc21.[Cl-].[Cl-]. The first-order chi connectivity index (χ1) is 13.5. The number of halogens is 2. The second kappa shape index (κ2) is 11.6. The van der Waals surface area contributed by atoms with Crippen molar-refractivity contribution >= 4 is 20.1 Å². The predicted octanol–water partition coefficient (Wildman–Crippen LogP) is 1.73. The van der Waals surface area contributed by atoms with E-state index < -0.39 is 22.9 Å². The Balaban J connectivity index is 0.00000160. The minimum Gasteiger partial charge on any atom is -1.00 e. The van der Waals surface area contributed by atoms with E-state index in [0.717, 1.165) is 19.2 Å². The second-order valence-electron chi connectivity index (χ2n) is 8.96. The molecule has 0 saturated carbocycles. The van der Waals surface area contributed by atoms with Crippen molar-refractivity contribution in [2.24, 2.45) is 11.8 Å². The molecule has 0 radical (unpaired) electrons. The Hall–Kier alpha value is -0.200. The van der Waals surface area contributed by atoms with Gasteiger partial charge in [-0.15, -0.1) is 0 Å². The minimum atomic E-state index is -0.976. The Morgan fingerprint density at radius 1 is 0.800 bits per heavy atom. The van der Waals surface area contributed by atoms with E-state index in [1.54, 1.807) is 11.1 Å². The maximum Gasteiger partial charge on any atom is -1.00 e. The molecule has 2 unspecified atom stereocenters. The van der Waals surface area contributed by atoms with E-state index in [4.69, 9.17) is 0 Å². The summed E-state index contributed by atoms with van der Waals surface area (Å²) in [6.45, 7) is 9.63. The minimum absolute atomic E-state index is 0. The van der Waals surface area contributed by atoms with E-state index in [1.165, 1.54) is 23.5 Å². The standard InChI is InChI=1S/C17H24P.C9H7.2ClH.Hf/c1-13(2)11-18(12-14(3)4)17-9-15-7-5-6-8-16(15)10-17;1-2-5-9-7-3-6-8(9)4-1;;;/h5-10,13-14H,11-12H2,1-4H3;1-7H;2*1H;/q;;;;+2/p-2. The second-order valence-corrected chi connectivity index (χ2v) is 16.8. The zero-order valence-corrected chi connectivity index (χ0v) is 24.3. The number of fused-ring (bicyclic) bond motifs is 2. The first kappa shape index (κ1) is 26.1. The van der Waals surface area contributed by atoms with Crippen molar-refractivity contribution in [1.82, 2.24) is 0 Å². The topological polar surface area (TPSA) is 0 Å². The van der Waals surface area contributed by atoms with Crippen molar-refractivity contribution in [2.75, 3.05) is 12.3 Å². The van der Waals surface area contributed by atoms with Crippen LogP contribution in [0, 0.1) is 11.8 Å². The smallest absolute Gasteiger partial charge is 1.00 e.